The minimum absolute atomic E-state index is 0.0435. The maximum Gasteiger partial charge on any atom is 0.340 e. The molecule has 3 N–H and O–H groups in total. The molecule has 116 valence electrons. The van der Waals surface area contributed by atoms with Gasteiger partial charge in [0.1, 0.15) is 0 Å². The Kier molecular flexibility index (Phi) is 6.52. The van der Waals surface area contributed by atoms with Crippen molar-refractivity contribution in [1.29, 1.82) is 0 Å². The molecule has 0 aliphatic rings. The Labute approximate surface area is 125 Å². The van der Waals surface area contributed by atoms with E-state index in [4.69, 9.17) is 10.5 Å². The Morgan fingerprint density at radius 1 is 1.24 bits per heavy atom. The number of para-hydroxylation sites is 1. The molecule has 0 aliphatic heterocycles. The van der Waals surface area contributed by atoms with E-state index in [9.17, 15) is 9.59 Å². The molecule has 6 heteroatoms. The topological polar surface area (TPSA) is 84.7 Å². The first-order valence-corrected chi connectivity index (χ1v) is 7.12. The zero-order valence-corrected chi connectivity index (χ0v) is 12.8. The number of benzene rings is 1. The largest absolute Gasteiger partial charge is 0.462 e. The summed E-state index contributed by atoms with van der Waals surface area (Å²) in [6, 6.07) is 4.98. The summed E-state index contributed by atoms with van der Waals surface area (Å²) in [5.74, 6) is -0.499. The second-order valence-electron chi connectivity index (χ2n) is 4.41. The highest BCUT2D eigenvalue weighted by Gasteiger charge is 2.16. The van der Waals surface area contributed by atoms with E-state index in [0.717, 1.165) is 0 Å². The lowest BCUT2D eigenvalue weighted by Crippen LogP contribution is -2.35. The smallest absolute Gasteiger partial charge is 0.340 e. The van der Waals surface area contributed by atoms with Crippen LogP contribution in [0.1, 0.15) is 31.1 Å². The van der Waals surface area contributed by atoms with Crippen molar-refractivity contribution < 1.29 is 14.3 Å². The first-order valence-electron chi connectivity index (χ1n) is 7.12. The molecule has 1 aromatic rings. The zero-order valence-electron chi connectivity index (χ0n) is 12.8. The van der Waals surface area contributed by atoms with Crippen LogP contribution in [0.15, 0.2) is 18.2 Å². The van der Waals surface area contributed by atoms with Gasteiger partial charge in [-0.2, -0.15) is 0 Å². The molecule has 0 heterocycles. The number of rotatable bonds is 7. The number of amides is 1. The van der Waals surface area contributed by atoms with Crippen LogP contribution in [0.2, 0.25) is 0 Å². The Bertz CT molecular complexity index is 499. The molecule has 0 radical (unpaired) electrons. The molecule has 0 fully saturated rings. The van der Waals surface area contributed by atoms with E-state index in [-0.39, 0.29) is 19.1 Å². The predicted octanol–water partition coefficient (Wildman–Crippen LogP) is 1.73. The minimum atomic E-state index is -0.456. The van der Waals surface area contributed by atoms with Crippen molar-refractivity contribution in [2.45, 2.75) is 20.8 Å². The minimum Gasteiger partial charge on any atom is -0.462 e. The molecule has 0 aliphatic carbocycles. The van der Waals surface area contributed by atoms with Crippen LogP contribution in [0.3, 0.4) is 0 Å². The lowest BCUT2D eigenvalue weighted by molar-refractivity contribution is -0.128. The second kappa shape index (κ2) is 8.14. The standard InChI is InChI=1S/C15H23N3O3/c1-4-18(5-2)13(19)10-17-14-11(15(20)21-6-3)8-7-9-12(14)16/h7-9,17H,4-6,10,16H2,1-3H3. The third kappa shape index (κ3) is 4.37. The Morgan fingerprint density at radius 3 is 2.48 bits per heavy atom. The molecule has 6 nitrogen and oxygen atoms in total. The summed E-state index contributed by atoms with van der Waals surface area (Å²) in [6.07, 6.45) is 0. The van der Waals surface area contributed by atoms with Crippen molar-refractivity contribution in [2.24, 2.45) is 0 Å². The van der Waals surface area contributed by atoms with E-state index >= 15 is 0 Å². The second-order valence-corrected chi connectivity index (χ2v) is 4.41. The number of likely N-dealkylation sites (N-methyl/N-ethyl adjacent to an activating group) is 1. The van der Waals surface area contributed by atoms with E-state index in [2.05, 4.69) is 5.32 Å². The summed E-state index contributed by atoms with van der Waals surface area (Å²) in [7, 11) is 0. The van der Waals surface area contributed by atoms with Gasteiger partial charge in [-0.25, -0.2) is 4.79 Å². The average Bonchev–Trinajstić information content (AvgIpc) is 2.47. The quantitative estimate of drug-likeness (QED) is 0.590. The van der Waals surface area contributed by atoms with E-state index in [1.807, 2.05) is 13.8 Å². The van der Waals surface area contributed by atoms with Crippen LogP contribution in [0.4, 0.5) is 11.4 Å². The van der Waals surface area contributed by atoms with Crippen LogP contribution in [-0.4, -0.2) is 43.0 Å². The molecule has 1 amide bonds. The van der Waals surface area contributed by atoms with Gasteiger partial charge in [0, 0.05) is 13.1 Å². The Morgan fingerprint density at radius 2 is 1.90 bits per heavy atom. The zero-order chi connectivity index (χ0) is 15.8. The van der Waals surface area contributed by atoms with Gasteiger partial charge in [0.2, 0.25) is 5.91 Å². The van der Waals surface area contributed by atoms with Crippen LogP contribution in [0, 0.1) is 0 Å². The number of esters is 1. The molecular formula is C15H23N3O3. The number of nitrogen functional groups attached to an aromatic ring is 1. The van der Waals surface area contributed by atoms with Gasteiger partial charge < -0.3 is 20.7 Å². The number of carbonyl (C=O) groups is 2. The molecule has 0 atom stereocenters. The first-order chi connectivity index (χ1) is 10.0. The number of ether oxygens (including phenoxy) is 1. The molecule has 0 saturated heterocycles. The highest BCUT2D eigenvalue weighted by atomic mass is 16.5. The molecule has 1 rings (SSSR count). The van der Waals surface area contributed by atoms with Crippen molar-refractivity contribution in [2.75, 3.05) is 37.3 Å². The number of nitrogens with one attached hydrogen (secondary N) is 1. The molecule has 0 bridgehead atoms. The van der Waals surface area contributed by atoms with Crippen molar-refractivity contribution in [3.63, 3.8) is 0 Å². The molecule has 21 heavy (non-hydrogen) atoms. The number of hydrogen-bond donors (Lipinski definition) is 2. The number of nitrogens with two attached hydrogens (primary N) is 1. The number of anilines is 2. The SMILES string of the molecule is CCOC(=O)c1cccc(N)c1NCC(=O)N(CC)CC. The van der Waals surface area contributed by atoms with E-state index in [1.54, 1.807) is 30.0 Å². The maximum absolute atomic E-state index is 12.0. The Hall–Kier alpha value is -2.24. The fourth-order valence-corrected chi connectivity index (χ4v) is 2.00. The van der Waals surface area contributed by atoms with Gasteiger partial charge in [0.05, 0.1) is 30.1 Å². The van der Waals surface area contributed by atoms with Crippen LogP contribution in [0.5, 0.6) is 0 Å². The van der Waals surface area contributed by atoms with Gasteiger partial charge in [0.25, 0.3) is 0 Å². The van der Waals surface area contributed by atoms with Gasteiger partial charge in [-0.1, -0.05) is 6.07 Å². The lowest BCUT2D eigenvalue weighted by Gasteiger charge is -2.20. The average molecular weight is 293 g/mol. The van der Waals surface area contributed by atoms with Crippen molar-refractivity contribution in [1.82, 2.24) is 4.90 Å². The molecule has 0 spiro atoms. The van der Waals surface area contributed by atoms with Gasteiger partial charge in [-0.05, 0) is 32.9 Å². The molecule has 0 aromatic heterocycles. The summed E-state index contributed by atoms with van der Waals surface area (Å²) in [6.45, 7) is 7.23. The summed E-state index contributed by atoms with van der Waals surface area (Å²) in [5, 5.41) is 2.95. The van der Waals surface area contributed by atoms with Crippen LogP contribution < -0.4 is 11.1 Å². The van der Waals surface area contributed by atoms with Gasteiger partial charge >= 0.3 is 5.97 Å². The van der Waals surface area contributed by atoms with E-state index in [0.29, 0.717) is 30.0 Å². The van der Waals surface area contributed by atoms with E-state index < -0.39 is 5.97 Å². The fourth-order valence-electron chi connectivity index (χ4n) is 2.00. The number of nitrogens with zero attached hydrogens (tertiary/aromatic N) is 1. The van der Waals surface area contributed by atoms with Crippen LogP contribution >= 0.6 is 0 Å². The summed E-state index contributed by atoms with van der Waals surface area (Å²) in [4.78, 5) is 25.6. The molecular weight excluding hydrogens is 270 g/mol. The predicted molar refractivity (Wildman–Crippen MR) is 83.2 cm³/mol. The monoisotopic (exact) mass is 293 g/mol. The maximum atomic E-state index is 12.0. The molecule has 1 aromatic carbocycles. The van der Waals surface area contributed by atoms with Crippen molar-refractivity contribution in [3.8, 4) is 0 Å². The van der Waals surface area contributed by atoms with Crippen LogP contribution in [-0.2, 0) is 9.53 Å². The summed E-state index contributed by atoms with van der Waals surface area (Å²) < 4.78 is 4.99. The Balaban J connectivity index is 2.87. The lowest BCUT2D eigenvalue weighted by atomic mass is 10.1. The van der Waals surface area contributed by atoms with Crippen molar-refractivity contribution in [3.05, 3.63) is 23.8 Å². The fraction of sp³-hybridized carbons (Fsp3) is 0.467. The van der Waals surface area contributed by atoms with Gasteiger partial charge in [-0.3, -0.25) is 4.79 Å². The highest BCUT2D eigenvalue weighted by Crippen LogP contribution is 2.24. The third-order valence-electron chi connectivity index (χ3n) is 3.12. The summed E-state index contributed by atoms with van der Waals surface area (Å²) >= 11 is 0. The van der Waals surface area contributed by atoms with E-state index in [1.165, 1.54) is 0 Å². The van der Waals surface area contributed by atoms with Crippen LogP contribution in [0.25, 0.3) is 0 Å². The van der Waals surface area contributed by atoms with Crippen molar-refractivity contribution >= 4 is 23.3 Å². The molecule has 0 unspecified atom stereocenters. The number of carbonyl (C=O) groups excluding carboxylic acids is 2. The normalized spacial score (nSPS) is 10.0. The first kappa shape index (κ1) is 16.8. The number of hydrogen-bond acceptors (Lipinski definition) is 5. The third-order valence-corrected chi connectivity index (χ3v) is 3.12. The highest BCUT2D eigenvalue weighted by molar-refractivity contribution is 5.99. The molecule has 0 saturated carbocycles. The summed E-state index contributed by atoms with van der Waals surface area (Å²) in [5.41, 5.74) is 7.08. The van der Waals surface area contributed by atoms with Gasteiger partial charge in [0.15, 0.2) is 0 Å². The van der Waals surface area contributed by atoms with Gasteiger partial charge in [-0.15, -0.1) is 0 Å².